The number of amides is 3. The molecular formula is C34H55N5O5. The molecule has 246 valence electrons. The SMILES string of the molecule is CCCCN(C(=O)OC(C)(C)C)C1(C(=O)N(Cc2ccccc2)N2CCC(C(=O)NCCN3CCOCC3)CC2)CCCC1. The number of nitrogens with one attached hydrogen (secondary N) is 1. The third-order valence-electron chi connectivity index (χ3n) is 9.12. The van der Waals surface area contributed by atoms with Gasteiger partial charge in [0, 0.05) is 51.7 Å². The Morgan fingerprint density at radius 1 is 1.02 bits per heavy atom. The van der Waals surface area contributed by atoms with Gasteiger partial charge in [-0.15, -0.1) is 0 Å². The van der Waals surface area contributed by atoms with Crippen LogP contribution in [0.5, 0.6) is 0 Å². The highest BCUT2D eigenvalue weighted by atomic mass is 16.6. The van der Waals surface area contributed by atoms with E-state index in [-0.39, 0.29) is 17.7 Å². The van der Waals surface area contributed by atoms with Crippen molar-refractivity contribution < 1.29 is 23.9 Å². The molecule has 0 spiro atoms. The highest BCUT2D eigenvalue weighted by Gasteiger charge is 2.52. The van der Waals surface area contributed by atoms with Crippen molar-refractivity contribution >= 4 is 17.9 Å². The summed E-state index contributed by atoms with van der Waals surface area (Å²) in [6, 6.07) is 10.0. The summed E-state index contributed by atoms with van der Waals surface area (Å²) >= 11 is 0. The summed E-state index contributed by atoms with van der Waals surface area (Å²) in [5.41, 5.74) is -0.562. The van der Waals surface area contributed by atoms with Gasteiger partial charge in [-0.3, -0.25) is 24.4 Å². The average molecular weight is 614 g/mol. The van der Waals surface area contributed by atoms with E-state index in [1.165, 1.54) is 0 Å². The number of ether oxygens (including phenoxy) is 2. The highest BCUT2D eigenvalue weighted by Crippen LogP contribution is 2.39. The fraction of sp³-hybridized carbons (Fsp3) is 0.735. The van der Waals surface area contributed by atoms with Gasteiger partial charge in [0.2, 0.25) is 5.91 Å². The Hall–Kier alpha value is -2.69. The standard InChI is InChI=1S/C34H55N5O5/c1-5-6-19-38(32(42)44-33(2,3)4)34(16-10-11-17-34)31(41)39(27-28-12-8-7-9-13-28)37-20-14-29(15-21-37)30(40)35-18-22-36-23-25-43-26-24-36/h7-9,12-13,29H,5-6,10-11,14-27H2,1-4H3,(H,35,40). The summed E-state index contributed by atoms with van der Waals surface area (Å²) in [6.07, 6.45) is 5.71. The third kappa shape index (κ3) is 9.17. The van der Waals surface area contributed by atoms with E-state index < -0.39 is 17.2 Å². The summed E-state index contributed by atoms with van der Waals surface area (Å²) in [6.45, 7) is 14.6. The molecule has 0 atom stereocenters. The van der Waals surface area contributed by atoms with Gasteiger partial charge in [0.1, 0.15) is 11.1 Å². The molecule has 10 heteroatoms. The van der Waals surface area contributed by atoms with Crippen LogP contribution in [0.15, 0.2) is 30.3 Å². The molecule has 2 saturated heterocycles. The van der Waals surface area contributed by atoms with E-state index in [4.69, 9.17) is 9.47 Å². The van der Waals surface area contributed by atoms with Gasteiger partial charge in [-0.25, -0.2) is 9.80 Å². The Morgan fingerprint density at radius 3 is 2.30 bits per heavy atom. The zero-order valence-corrected chi connectivity index (χ0v) is 27.5. The molecule has 3 fully saturated rings. The summed E-state index contributed by atoms with van der Waals surface area (Å²) in [7, 11) is 0. The highest BCUT2D eigenvalue weighted by molar-refractivity contribution is 5.90. The molecule has 3 aliphatic rings. The lowest BCUT2D eigenvalue weighted by molar-refractivity contribution is -0.168. The van der Waals surface area contributed by atoms with E-state index in [2.05, 4.69) is 22.1 Å². The van der Waals surface area contributed by atoms with Gasteiger partial charge >= 0.3 is 6.09 Å². The summed E-state index contributed by atoms with van der Waals surface area (Å²) in [5, 5.41) is 7.15. The number of rotatable bonds is 12. The molecule has 1 N–H and O–H groups in total. The van der Waals surface area contributed by atoms with Crippen LogP contribution in [0.1, 0.15) is 84.6 Å². The smallest absolute Gasteiger partial charge is 0.411 e. The number of hydrazine groups is 1. The lowest BCUT2D eigenvalue weighted by Crippen LogP contribution is -2.64. The largest absolute Gasteiger partial charge is 0.444 e. The number of hydrogen-bond acceptors (Lipinski definition) is 7. The van der Waals surface area contributed by atoms with Crippen molar-refractivity contribution in [1.82, 2.24) is 25.1 Å². The maximum Gasteiger partial charge on any atom is 0.411 e. The van der Waals surface area contributed by atoms with Crippen LogP contribution in [0.4, 0.5) is 4.79 Å². The fourth-order valence-corrected chi connectivity index (χ4v) is 6.65. The topological polar surface area (TPSA) is 94.7 Å². The Morgan fingerprint density at radius 2 is 1.68 bits per heavy atom. The lowest BCUT2D eigenvalue weighted by Gasteiger charge is -2.47. The minimum atomic E-state index is -0.944. The predicted molar refractivity (Wildman–Crippen MR) is 171 cm³/mol. The molecule has 1 aromatic rings. The third-order valence-corrected chi connectivity index (χ3v) is 9.12. The summed E-state index contributed by atoms with van der Waals surface area (Å²) in [5.74, 6) is -0.0103. The molecule has 44 heavy (non-hydrogen) atoms. The van der Waals surface area contributed by atoms with E-state index in [0.717, 1.165) is 64.1 Å². The van der Waals surface area contributed by atoms with Gasteiger partial charge in [0.05, 0.1) is 19.8 Å². The monoisotopic (exact) mass is 613 g/mol. The molecule has 0 bridgehead atoms. The first-order chi connectivity index (χ1) is 21.1. The van der Waals surface area contributed by atoms with Crippen LogP contribution in [0, 0.1) is 5.92 Å². The first-order valence-corrected chi connectivity index (χ1v) is 16.8. The molecule has 2 heterocycles. The van der Waals surface area contributed by atoms with Crippen LogP contribution in [-0.2, 0) is 25.6 Å². The average Bonchev–Trinajstić information content (AvgIpc) is 3.51. The van der Waals surface area contributed by atoms with Crippen molar-refractivity contribution in [3.05, 3.63) is 35.9 Å². The van der Waals surface area contributed by atoms with Crippen LogP contribution in [-0.4, -0.2) is 108 Å². The minimum absolute atomic E-state index is 0.0331. The van der Waals surface area contributed by atoms with E-state index in [9.17, 15) is 14.4 Å². The number of carbonyl (C=O) groups is 3. The lowest BCUT2D eigenvalue weighted by atomic mass is 9.92. The molecule has 0 unspecified atom stereocenters. The second-order valence-corrected chi connectivity index (χ2v) is 13.5. The summed E-state index contributed by atoms with van der Waals surface area (Å²) < 4.78 is 11.3. The van der Waals surface area contributed by atoms with E-state index in [1.54, 1.807) is 4.90 Å². The molecular weight excluding hydrogens is 558 g/mol. The van der Waals surface area contributed by atoms with E-state index >= 15 is 0 Å². The number of unbranched alkanes of at least 4 members (excludes halogenated alkanes) is 1. The minimum Gasteiger partial charge on any atom is -0.444 e. The van der Waals surface area contributed by atoms with Crippen molar-refractivity contribution in [1.29, 1.82) is 0 Å². The van der Waals surface area contributed by atoms with Gasteiger partial charge in [0.15, 0.2) is 0 Å². The maximum absolute atomic E-state index is 14.9. The van der Waals surface area contributed by atoms with Gasteiger partial charge in [-0.1, -0.05) is 56.5 Å². The first-order valence-electron chi connectivity index (χ1n) is 16.8. The normalized spacial score (nSPS) is 19.8. The van der Waals surface area contributed by atoms with Crippen LogP contribution < -0.4 is 5.32 Å². The molecule has 1 aromatic carbocycles. The van der Waals surface area contributed by atoms with E-state index in [0.29, 0.717) is 58.4 Å². The number of hydrogen-bond donors (Lipinski definition) is 1. The maximum atomic E-state index is 14.9. The Balaban J connectivity index is 1.49. The van der Waals surface area contributed by atoms with Crippen molar-refractivity contribution in [2.24, 2.45) is 5.92 Å². The van der Waals surface area contributed by atoms with Crippen molar-refractivity contribution in [3.8, 4) is 0 Å². The second kappa shape index (κ2) is 16.0. The molecule has 4 rings (SSSR count). The molecule has 1 saturated carbocycles. The van der Waals surface area contributed by atoms with Crippen LogP contribution in [0.3, 0.4) is 0 Å². The Labute approximate surface area is 264 Å². The molecule has 0 aromatic heterocycles. The van der Waals surface area contributed by atoms with Crippen LogP contribution in [0.2, 0.25) is 0 Å². The second-order valence-electron chi connectivity index (χ2n) is 13.5. The van der Waals surface area contributed by atoms with Gasteiger partial charge in [-0.2, -0.15) is 0 Å². The Kier molecular flexibility index (Phi) is 12.5. The van der Waals surface area contributed by atoms with Crippen molar-refractivity contribution in [2.75, 3.05) is 59.0 Å². The van der Waals surface area contributed by atoms with Crippen molar-refractivity contribution in [3.63, 3.8) is 0 Å². The molecule has 1 aliphatic carbocycles. The molecule has 3 amide bonds. The fourth-order valence-electron chi connectivity index (χ4n) is 6.65. The predicted octanol–water partition coefficient (Wildman–Crippen LogP) is 4.44. The number of piperidine rings is 1. The van der Waals surface area contributed by atoms with Crippen LogP contribution in [0.25, 0.3) is 0 Å². The first kappa shape index (κ1) is 34.2. The van der Waals surface area contributed by atoms with Gasteiger partial charge in [0.25, 0.3) is 5.91 Å². The van der Waals surface area contributed by atoms with Gasteiger partial charge < -0.3 is 14.8 Å². The number of benzene rings is 1. The van der Waals surface area contributed by atoms with Crippen molar-refractivity contribution in [2.45, 2.75) is 96.7 Å². The zero-order chi connectivity index (χ0) is 31.6. The Bertz CT molecular complexity index is 1060. The number of morpholine rings is 1. The van der Waals surface area contributed by atoms with E-state index in [1.807, 2.05) is 56.1 Å². The molecule has 10 nitrogen and oxygen atoms in total. The van der Waals surface area contributed by atoms with Crippen LogP contribution >= 0.6 is 0 Å². The molecule has 0 radical (unpaired) electrons. The zero-order valence-electron chi connectivity index (χ0n) is 27.5. The number of nitrogens with zero attached hydrogens (tertiary/aromatic N) is 4. The molecule has 2 aliphatic heterocycles. The van der Waals surface area contributed by atoms with Gasteiger partial charge in [-0.05, 0) is 58.4 Å². The summed E-state index contributed by atoms with van der Waals surface area (Å²) in [4.78, 5) is 45.7. The number of carbonyl (C=O) groups excluding carboxylic acids is 3. The quantitative estimate of drug-likeness (QED) is 0.373.